The lowest BCUT2D eigenvalue weighted by Crippen LogP contribution is -1.79. The Hall–Kier alpha value is -1.38. The Morgan fingerprint density at radius 2 is 1.61 bits per heavy atom. The number of fused-ring (bicyclic) bond motifs is 1. The van der Waals surface area contributed by atoms with Gasteiger partial charge in [0.1, 0.15) is 5.01 Å². The van der Waals surface area contributed by atoms with Crippen LogP contribution in [-0.2, 0) is 0 Å². The maximum absolute atomic E-state index is 5.91. The van der Waals surface area contributed by atoms with E-state index in [0.717, 1.165) is 21.1 Å². The highest BCUT2D eigenvalue weighted by atomic mass is 35.5. The van der Waals surface area contributed by atoms with E-state index in [2.05, 4.69) is 26.0 Å². The molecule has 1 aromatic heterocycles. The molecule has 0 saturated carbocycles. The lowest BCUT2D eigenvalue weighted by atomic mass is 10.1. The number of nitrogens with zero attached hydrogens (tertiary/aromatic N) is 1. The summed E-state index contributed by atoms with van der Waals surface area (Å²) in [5.41, 5.74) is 4.75. The van der Waals surface area contributed by atoms with E-state index in [0.29, 0.717) is 0 Å². The number of aromatic nitrogens is 1. The molecule has 0 radical (unpaired) electrons. The summed E-state index contributed by atoms with van der Waals surface area (Å²) in [5.74, 6) is 0. The van der Waals surface area contributed by atoms with Crippen LogP contribution in [0, 0.1) is 13.8 Å². The van der Waals surface area contributed by atoms with Gasteiger partial charge in [-0.3, -0.25) is 0 Å². The van der Waals surface area contributed by atoms with E-state index < -0.39 is 0 Å². The van der Waals surface area contributed by atoms with E-state index in [-0.39, 0.29) is 0 Å². The van der Waals surface area contributed by atoms with Crippen LogP contribution >= 0.6 is 22.9 Å². The summed E-state index contributed by atoms with van der Waals surface area (Å²) >= 11 is 7.65. The van der Waals surface area contributed by atoms with E-state index in [1.54, 1.807) is 11.3 Å². The minimum absolute atomic E-state index is 0.757. The fourth-order valence-electron chi connectivity index (χ4n) is 1.98. The molecule has 0 aliphatic carbocycles. The van der Waals surface area contributed by atoms with Gasteiger partial charge in [0.05, 0.1) is 10.2 Å². The molecule has 0 fully saturated rings. The first-order chi connectivity index (χ1) is 8.65. The van der Waals surface area contributed by atoms with Crippen LogP contribution in [-0.4, -0.2) is 4.98 Å². The van der Waals surface area contributed by atoms with Gasteiger partial charge in [-0.1, -0.05) is 35.9 Å². The lowest BCUT2D eigenvalue weighted by molar-refractivity contribution is 1.40. The Labute approximate surface area is 115 Å². The normalized spacial score (nSPS) is 11.1. The second-order valence-electron chi connectivity index (χ2n) is 4.40. The van der Waals surface area contributed by atoms with Gasteiger partial charge in [-0.05, 0) is 37.1 Å². The standard InChI is InChI=1S/C15H12ClNS/c1-9-3-4-10(2)14-13(9)17-15(18-14)11-5-7-12(16)8-6-11/h3-8H,1-2H3. The monoisotopic (exact) mass is 273 g/mol. The van der Waals surface area contributed by atoms with Gasteiger partial charge in [0.25, 0.3) is 0 Å². The van der Waals surface area contributed by atoms with Crippen molar-refractivity contribution in [3.63, 3.8) is 0 Å². The first-order valence-corrected chi connectivity index (χ1v) is 6.97. The zero-order valence-corrected chi connectivity index (χ0v) is 11.8. The van der Waals surface area contributed by atoms with Crippen molar-refractivity contribution in [2.24, 2.45) is 0 Å². The molecule has 0 saturated heterocycles. The average molecular weight is 274 g/mol. The number of aryl methyl sites for hydroxylation is 2. The van der Waals surface area contributed by atoms with Gasteiger partial charge in [-0.2, -0.15) is 0 Å². The maximum atomic E-state index is 5.91. The highest BCUT2D eigenvalue weighted by Crippen LogP contribution is 2.33. The predicted octanol–water partition coefficient (Wildman–Crippen LogP) is 5.23. The van der Waals surface area contributed by atoms with Crippen molar-refractivity contribution >= 4 is 33.2 Å². The Balaban J connectivity index is 2.22. The minimum Gasteiger partial charge on any atom is -0.236 e. The third-order valence-corrected chi connectivity index (χ3v) is 4.53. The molecule has 0 N–H and O–H groups in total. The third-order valence-electron chi connectivity index (χ3n) is 3.03. The summed E-state index contributed by atoms with van der Waals surface area (Å²) in [6, 6.07) is 12.1. The highest BCUT2D eigenvalue weighted by Gasteiger charge is 2.09. The summed E-state index contributed by atoms with van der Waals surface area (Å²) in [7, 11) is 0. The van der Waals surface area contributed by atoms with Gasteiger partial charge in [0.2, 0.25) is 0 Å². The van der Waals surface area contributed by atoms with Gasteiger partial charge < -0.3 is 0 Å². The quantitative estimate of drug-likeness (QED) is 0.591. The summed E-state index contributed by atoms with van der Waals surface area (Å²) in [6.07, 6.45) is 0. The number of hydrogen-bond donors (Lipinski definition) is 0. The van der Waals surface area contributed by atoms with Crippen LogP contribution in [0.15, 0.2) is 36.4 Å². The van der Waals surface area contributed by atoms with Crippen molar-refractivity contribution in [3.05, 3.63) is 52.5 Å². The summed E-state index contributed by atoms with van der Waals surface area (Å²) in [6.45, 7) is 4.23. The lowest BCUT2D eigenvalue weighted by Gasteiger charge is -1.96. The van der Waals surface area contributed by atoms with Crippen LogP contribution in [0.25, 0.3) is 20.8 Å². The van der Waals surface area contributed by atoms with E-state index in [1.165, 1.54) is 15.8 Å². The molecule has 3 rings (SSSR count). The molecule has 0 atom stereocenters. The van der Waals surface area contributed by atoms with Crippen LogP contribution < -0.4 is 0 Å². The zero-order valence-electron chi connectivity index (χ0n) is 10.2. The van der Waals surface area contributed by atoms with Crippen molar-refractivity contribution in [1.29, 1.82) is 0 Å². The van der Waals surface area contributed by atoms with Crippen molar-refractivity contribution in [1.82, 2.24) is 4.98 Å². The van der Waals surface area contributed by atoms with E-state index in [4.69, 9.17) is 16.6 Å². The number of thiazole rings is 1. The van der Waals surface area contributed by atoms with Crippen molar-refractivity contribution in [2.45, 2.75) is 13.8 Å². The number of rotatable bonds is 1. The first-order valence-electron chi connectivity index (χ1n) is 5.78. The Bertz CT molecular complexity index is 674. The van der Waals surface area contributed by atoms with Crippen molar-refractivity contribution < 1.29 is 0 Å². The van der Waals surface area contributed by atoms with Gasteiger partial charge in [-0.15, -0.1) is 11.3 Å². The van der Waals surface area contributed by atoms with Gasteiger partial charge >= 0.3 is 0 Å². The Morgan fingerprint density at radius 3 is 2.28 bits per heavy atom. The second kappa shape index (κ2) is 4.38. The van der Waals surface area contributed by atoms with Gasteiger partial charge in [0.15, 0.2) is 0 Å². The molecular formula is C15H12ClNS. The highest BCUT2D eigenvalue weighted by molar-refractivity contribution is 7.21. The number of benzene rings is 2. The molecule has 1 nitrogen and oxygen atoms in total. The minimum atomic E-state index is 0.757. The van der Waals surface area contributed by atoms with Crippen LogP contribution in [0.4, 0.5) is 0 Å². The molecular weight excluding hydrogens is 262 g/mol. The molecule has 0 unspecified atom stereocenters. The maximum Gasteiger partial charge on any atom is 0.124 e. The molecule has 0 aliphatic heterocycles. The average Bonchev–Trinajstić information content (AvgIpc) is 2.81. The van der Waals surface area contributed by atoms with Crippen LogP contribution in [0.1, 0.15) is 11.1 Å². The SMILES string of the molecule is Cc1ccc(C)c2sc(-c3ccc(Cl)cc3)nc12. The fraction of sp³-hybridized carbons (Fsp3) is 0.133. The first kappa shape index (κ1) is 11.7. The zero-order chi connectivity index (χ0) is 12.7. The van der Waals surface area contributed by atoms with Crippen LogP contribution in [0.5, 0.6) is 0 Å². The fourth-order valence-corrected chi connectivity index (χ4v) is 3.22. The Kier molecular flexibility index (Phi) is 2.84. The van der Waals surface area contributed by atoms with E-state index in [1.807, 2.05) is 24.3 Å². The summed E-state index contributed by atoms with van der Waals surface area (Å²) < 4.78 is 1.28. The number of hydrogen-bond acceptors (Lipinski definition) is 2. The topological polar surface area (TPSA) is 12.9 Å². The van der Waals surface area contributed by atoms with Crippen molar-refractivity contribution in [2.75, 3.05) is 0 Å². The molecule has 3 aromatic rings. The molecule has 0 amide bonds. The summed E-state index contributed by atoms with van der Waals surface area (Å²) in [4.78, 5) is 4.75. The summed E-state index contributed by atoms with van der Waals surface area (Å²) in [5, 5.41) is 1.81. The largest absolute Gasteiger partial charge is 0.236 e. The molecule has 0 aliphatic rings. The predicted molar refractivity (Wildman–Crippen MR) is 79.5 cm³/mol. The number of halogens is 1. The molecule has 3 heteroatoms. The van der Waals surface area contributed by atoms with E-state index in [9.17, 15) is 0 Å². The molecule has 0 spiro atoms. The molecule has 0 bridgehead atoms. The molecule has 2 aromatic carbocycles. The second-order valence-corrected chi connectivity index (χ2v) is 5.84. The van der Waals surface area contributed by atoms with Crippen LogP contribution in [0.2, 0.25) is 5.02 Å². The van der Waals surface area contributed by atoms with E-state index >= 15 is 0 Å². The van der Waals surface area contributed by atoms with Gasteiger partial charge in [0, 0.05) is 10.6 Å². The third kappa shape index (κ3) is 1.92. The van der Waals surface area contributed by atoms with Crippen molar-refractivity contribution in [3.8, 4) is 10.6 Å². The van der Waals surface area contributed by atoms with Gasteiger partial charge in [-0.25, -0.2) is 4.98 Å². The Morgan fingerprint density at radius 1 is 0.944 bits per heavy atom. The van der Waals surface area contributed by atoms with Crippen LogP contribution in [0.3, 0.4) is 0 Å². The molecule has 18 heavy (non-hydrogen) atoms. The molecule has 90 valence electrons. The smallest absolute Gasteiger partial charge is 0.124 e. The molecule has 1 heterocycles.